The highest BCUT2D eigenvalue weighted by molar-refractivity contribution is 5.93. The van der Waals surface area contributed by atoms with E-state index in [4.69, 9.17) is 9.47 Å². The van der Waals surface area contributed by atoms with Gasteiger partial charge >= 0.3 is 12.1 Å². The average molecular weight is 396 g/mol. The Hall–Kier alpha value is -3.14. The number of anilines is 1. The van der Waals surface area contributed by atoms with Crippen molar-refractivity contribution in [2.24, 2.45) is 0 Å². The van der Waals surface area contributed by atoms with Crippen molar-refractivity contribution in [3.8, 4) is 5.75 Å². The van der Waals surface area contributed by atoms with Crippen LogP contribution in [0.2, 0.25) is 0 Å². The van der Waals surface area contributed by atoms with Crippen LogP contribution in [0.1, 0.15) is 15.9 Å². The summed E-state index contributed by atoms with van der Waals surface area (Å²) < 4.78 is 49.2. The molecule has 1 fully saturated rings. The molecule has 2 aromatic rings. The zero-order chi connectivity index (χ0) is 20.3. The standard InChI is InChI=1S/C18H15F3N2O5/c19-18(20,21)13-3-1-2-4-16(13)28-17(24)12-5-6-14(15(11-12)23(25)26)22-7-9-27-10-8-22/h1-6,11H,7-10H2. The minimum absolute atomic E-state index is 0.222. The summed E-state index contributed by atoms with van der Waals surface area (Å²) in [5.74, 6) is -1.78. The van der Waals surface area contributed by atoms with Gasteiger partial charge in [0.2, 0.25) is 0 Å². The Balaban J connectivity index is 1.89. The van der Waals surface area contributed by atoms with Gasteiger partial charge < -0.3 is 14.4 Å². The fraction of sp³-hybridized carbons (Fsp3) is 0.278. The van der Waals surface area contributed by atoms with E-state index >= 15 is 0 Å². The fourth-order valence-corrected chi connectivity index (χ4v) is 2.82. The molecule has 28 heavy (non-hydrogen) atoms. The third kappa shape index (κ3) is 4.22. The Morgan fingerprint density at radius 1 is 1.14 bits per heavy atom. The zero-order valence-corrected chi connectivity index (χ0v) is 14.4. The number of nitrogens with zero attached hydrogens (tertiary/aromatic N) is 2. The lowest BCUT2D eigenvalue weighted by atomic mass is 10.1. The van der Waals surface area contributed by atoms with E-state index < -0.39 is 28.4 Å². The lowest BCUT2D eigenvalue weighted by Gasteiger charge is -2.28. The van der Waals surface area contributed by atoms with Crippen molar-refractivity contribution < 1.29 is 32.4 Å². The molecule has 0 N–H and O–H groups in total. The van der Waals surface area contributed by atoms with Crippen LogP contribution in [0.25, 0.3) is 0 Å². The second-order valence-corrected chi connectivity index (χ2v) is 5.94. The number of nitro groups is 1. The summed E-state index contributed by atoms with van der Waals surface area (Å²) >= 11 is 0. The van der Waals surface area contributed by atoms with Gasteiger partial charge in [-0.15, -0.1) is 0 Å². The molecule has 1 heterocycles. The predicted octanol–water partition coefficient (Wildman–Crippen LogP) is 3.67. The highest BCUT2D eigenvalue weighted by atomic mass is 19.4. The number of rotatable bonds is 4. The first-order chi connectivity index (χ1) is 13.3. The number of benzene rings is 2. The number of esters is 1. The van der Waals surface area contributed by atoms with E-state index in [0.717, 1.165) is 18.2 Å². The van der Waals surface area contributed by atoms with Crippen LogP contribution < -0.4 is 9.64 Å². The van der Waals surface area contributed by atoms with Crippen molar-refractivity contribution in [2.75, 3.05) is 31.2 Å². The fourth-order valence-electron chi connectivity index (χ4n) is 2.82. The normalized spacial score (nSPS) is 14.6. The van der Waals surface area contributed by atoms with Gasteiger partial charge in [0.05, 0.1) is 29.3 Å². The van der Waals surface area contributed by atoms with Gasteiger partial charge in [-0.2, -0.15) is 13.2 Å². The van der Waals surface area contributed by atoms with E-state index in [-0.39, 0.29) is 11.3 Å². The van der Waals surface area contributed by atoms with Crippen LogP contribution in [0.3, 0.4) is 0 Å². The molecule has 1 aliphatic heterocycles. The van der Waals surface area contributed by atoms with E-state index in [1.807, 2.05) is 0 Å². The number of hydrogen-bond donors (Lipinski definition) is 0. The third-order valence-corrected chi connectivity index (χ3v) is 4.15. The molecule has 1 saturated heterocycles. The van der Waals surface area contributed by atoms with Gasteiger partial charge in [0.1, 0.15) is 11.4 Å². The Labute approximate surface area is 157 Å². The van der Waals surface area contributed by atoms with Gasteiger partial charge in [-0.25, -0.2) is 4.79 Å². The second-order valence-electron chi connectivity index (χ2n) is 5.94. The first-order valence-corrected chi connectivity index (χ1v) is 8.27. The van der Waals surface area contributed by atoms with E-state index in [0.29, 0.717) is 32.0 Å². The predicted molar refractivity (Wildman–Crippen MR) is 92.5 cm³/mol. The summed E-state index contributed by atoms with van der Waals surface area (Å²) in [7, 11) is 0. The maximum atomic E-state index is 13.0. The van der Waals surface area contributed by atoms with Gasteiger partial charge in [0.25, 0.3) is 5.69 Å². The van der Waals surface area contributed by atoms with Crippen LogP contribution in [0.5, 0.6) is 5.75 Å². The number of alkyl halides is 3. The van der Waals surface area contributed by atoms with Gasteiger partial charge in [-0.1, -0.05) is 12.1 Å². The number of morpholine rings is 1. The average Bonchev–Trinajstić information content (AvgIpc) is 2.67. The highest BCUT2D eigenvalue weighted by Crippen LogP contribution is 2.36. The van der Waals surface area contributed by atoms with Gasteiger partial charge in [0, 0.05) is 19.2 Å². The largest absolute Gasteiger partial charge is 0.422 e. The van der Waals surface area contributed by atoms with E-state index in [2.05, 4.69) is 0 Å². The summed E-state index contributed by atoms with van der Waals surface area (Å²) in [5, 5.41) is 11.4. The van der Waals surface area contributed by atoms with Gasteiger partial charge in [0.15, 0.2) is 0 Å². The lowest BCUT2D eigenvalue weighted by molar-refractivity contribution is -0.384. The number of ether oxygens (including phenoxy) is 2. The monoisotopic (exact) mass is 396 g/mol. The van der Waals surface area contributed by atoms with Gasteiger partial charge in [-0.05, 0) is 24.3 Å². The van der Waals surface area contributed by atoms with Crippen LogP contribution in [0.4, 0.5) is 24.5 Å². The molecule has 0 atom stereocenters. The van der Waals surface area contributed by atoms with Crippen LogP contribution in [-0.2, 0) is 10.9 Å². The summed E-state index contributed by atoms with van der Waals surface area (Å²) in [6.07, 6.45) is -4.71. The molecule has 0 saturated carbocycles. The molecule has 0 aromatic heterocycles. The lowest BCUT2D eigenvalue weighted by Crippen LogP contribution is -2.36. The first kappa shape index (κ1) is 19.6. The zero-order valence-electron chi connectivity index (χ0n) is 14.4. The summed E-state index contributed by atoms with van der Waals surface area (Å²) in [5.41, 5.74) is -1.36. The smallest absolute Gasteiger partial charge is 0.419 e. The van der Waals surface area contributed by atoms with Crippen LogP contribution in [0.15, 0.2) is 42.5 Å². The van der Waals surface area contributed by atoms with E-state index in [9.17, 15) is 28.1 Å². The molecule has 148 valence electrons. The summed E-state index contributed by atoms with van der Waals surface area (Å²) in [6, 6.07) is 7.93. The SMILES string of the molecule is O=C(Oc1ccccc1C(F)(F)F)c1ccc(N2CCOCC2)c([N+](=O)[O-])c1. The Morgan fingerprint density at radius 3 is 2.46 bits per heavy atom. The van der Waals surface area contributed by atoms with Crippen molar-refractivity contribution in [2.45, 2.75) is 6.18 Å². The minimum atomic E-state index is -4.71. The summed E-state index contributed by atoms with van der Waals surface area (Å²) in [4.78, 5) is 24.8. The quantitative estimate of drug-likeness (QED) is 0.340. The number of nitro benzene ring substituents is 1. The van der Waals surface area contributed by atoms with Crippen molar-refractivity contribution in [1.29, 1.82) is 0 Å². The first-order valence-electron chi connectivity index (χ1n) is 8.27. The third-order valence-electron chi connectivity index (χ3n) is 4.15. The van der Waals surface area contributed by atoms with Crippen LogP contribution in [-0.4, -0.2) is 37.2 Å². The molecule has 1 aliphatic rings. The molecule has 3 rings (SSSR count). The van der Waals surface area contributed by atoms with E-state index in [1.165, 1.54) is 24.3 Å². The van der Waals surface area contributed by atoms with Crippen molar-refractivity contribution >= 4 is 17.3 Å². The Morgan fingerprint density at radius 2 is 1.82 bits per heavy atom. The number of carbonyl (C=O) groups excluding carboxylic acids is 1. The van der Waals surface area contributed by atoms with Gasteiger partial charge in [-0.3, -0.25) is 10.1 Å². The maximum absolute atomic E-state index is 13.0. The topological polar surface area (TPSA) is 81.9 Å². The molecule has 0 unspecified atom stereocenters. The second kappa shape index (κ2) is 7.85. The molecule has 7 nitrogen and oxygen atoms in total. The molecule has 10 heteroatoms. The summed E-state index contributed by atoms with van der Waals surface area (Å²) in [6.45, 7) is 1.72. The number of para-hydroxylation sites is 1. The number of carbonyl (C=O) groups is 1. The van der Waals surface area contributed by atoms with E-state index in [1.54, 1.807) is 4.90 Å². The molecule has 0 spiro atoms. The molecular weight excluding hydrogens is 381 g/mol. The van der Waals surface area contributed by atoms with Crippen LogP contribution in [0, 0.1) is 10.1 Å². The minimum Gasteiger partial charge on any atom is -0.422 e. The Kier molecular flexibility index (Phi) is 5.50. The highest BCUT2D eigenvalue weighted by Gasteiger charge is 2.35. The molecule has 2 aromatic carbocycles. The van der Waals surface area contributed by atoms with Crippen LogP contribution >= 0.6 is 0 Å². The van der Waals surface area contributed by atoms with Crippen molar-refractivity contribution in [3.63, 3.8) is 0 Å². The number of halogens is 3. The molecule has 0 amide bonds. The maximum Gasteiger partial charge on any atom is 0.419 e. The number of hydrogen-bond acceptors (Lipinski definition) is 6. The molecule has 0 aliphatic carbocycles. The molecule has 0 radical (unpaired) electrons. The molecular formula is C18H15F3N2O5. The van der Waals surface area contributed by atoms with Crippen molar-refractivity contribution in [3.05, 3.63) is 63.7 Å². The van der Waals surface area contributed by atoms with Crippen molar-refractivity contribution in [1.82, 2.24) is 0 Å². The molecule has 0 bridgehead atoms. The Bertz CT molecular complexity index is 895.